The number of phenolic OH excluding ortho intramolecular Hbond substituents is 1. The number of aromatic hydroxyl groups is 1. The SMILES string of the molecule is CCc1cc(C(C)C)c(O)cc1C. The summed E-state index contributed by atoms with van der Waals surface area (Å²) in [6.45, 7) is 8.39. The zero-order valence-electron chi connectivity index (χ0n) is 8.89. The summed E-state index contributed by atoms with van der Waals surface area (Å²) in [6, 6.07) is 3.99. The lowest BCUT2D eigenvalue weighted by molar-refractivity contribution is 0.464. The maximum Gasteiger partial charge on any atom is 0.119 e. The molecule has 0 heterocycles. The van der Waals surface area contributed by atoms with Gasteiger partial charge in [0.25, 0.3) is 0 Å². The highest BCUT2D eigenvalue weighted by atomic mass is 16.3. The standard InChI is InChI=1S/C12H18O/c1-5-10-7-11(8(2)3)12(13)6-9(10)4/h6-8,13H,5H2,1-4H3. The van der Waals surface area contributed by atoms with Crippen molar-refractivity contribution in [2.75, 3.05) is 0 Å². The van der Waals surface area contributed by atoms with Gasteiger partial charge in [-0.25, -0.2) is 0 Å². The Morgan fingerprint density at radius 2 is 1.92 bits per heavy atom. The maximum absolute atomic E-state index is 9.68. The molecule has 1 rings (SSSR count). The number of benzene rings is 1. The molecule has 0 aliphatic heterocycles. The fourth-order valence-electron chi connectivity index (χ4n) is 1.60. The van der Waals surface area contributed by atoms with Gasteiger partial charge in [-0.1, -0.05) is 26.8 Å². The van der Waals surface area contributed by atoms with E-state index < -0.39 is 0 Å². The molecule has 0 aliphatic carbocycles. The van der Waals surface area contributed by atoms with E-state index >= 15 is 0 Å². The van der Waals surface area contributed by atoms with Crippen LogP contribution in [0.15, 0.2) is 12.1 Å². The van der Waals surface area contributed by atoms with Crippen molar-refractivity contribution in [3.05, 3.63) is 28.8 Å². The molecule has 1 heteroatoms. The van der Waals surface area contributed by atoms with Crippen molar-refractivity contribution in [3.63, 3.8) is 0 Å². The van der Waals surface area contributed by atoms with Gasteiger partial charge in [-0.2, -0.15) is 0 Å². The number of rotatable bonds is 2. The van der Waals surface area contributed by atoms with Gasteiger partial charge in [0.2, 0.25) is 0 Å². The van der Waals surface area contributed by atoms with E-state index in [2.05, 4.69) is 26.8 Å². The first-order valence-electron chi connectivity index (χ1n) is 4.88. The van der Waals surface area contributed by atoms with E-state index in [0.29, 0.717) is 11.7 Å². The zero-order valence-corrected chi connectivity index (χ0v) is 8.89. The molecule has 0 saturated heterocycles. The molecule has 0 atom stereocenters. The molecule has 72 valence electrons. The van der Waals surface area contributed by atoms with E-state index in [1.807, 2.05) is 13.0 Å². The third-order valence-electron chi connectivity index (χ3n) is 2.49. The zero-order chi connectivity index (χ0) is 10.0. The molecule has 0 fully saturated rings. The number of hydrogen-bond acceptors (Lipinski definition) is 1. The molecule has 0 amide bonds. The molecule has 1 N–H and O–H groups in total. The molecule has 0 aliphatic rings. The molecule has 1 nitrogen and oxygen atoms in total. The molecular weight excluding hydrogens is 160 g/mol. The van der Waals surface area contributed by atoms with Gasteiger partial charge < -0.3 is 5.11 Å². The molecule has 0 radical (unpaired) electrons. The Morgan fingerprint density at radius 3 is 2.38 bits per heavy atom. The predicted molar refractivity (Wildman–Crippen MR) is 56.3 cm³/mol. The second-order valence-electron chi connectivity index (χ2n) is 3.85. The van der Waals surface area contributed by atoms with Gasteiger partial charge in [0, 0.05) is 0 Å². The van der Waals surface area contributed by atoms with Crippen LogP contribution in [0.3, 0.4) is 0 Å². The molecule has 1 aromatic carbocycles. The summed E-state index contributed by atoms with van der Waals surface area (Å²) in [7, 11) is 0. The Hall–Kier alpha value is -0.980. The number of aryl methyl sites for hydroxylation is 2. The molecule has 0 spiro atoms. The van der Waals surface area contributed by atoms with E-state index in [-0.39, 0.29) is 0 Å². The molecule has 0 unspecified atom stereocenters. The van der Waals surface area contributed by atoms with Crippen LogP contribution in [0.1, 0.15) is 43.4 Å². The molecule has 13 heavy (non-hydrogen) atoms. The van der Waals surface area contributed by atoms with Gasteiger partial charge in [0.05, 0.1) is 0 Å². The third kappa shape index (κ3) is 2.03. The Labute approximate surface area is 80.4 Å². The van der Waals surface area contributed by atoms with Crippen LogP contribution in [0, 0.1) is 6.92 Å². The van der Waals surface area contributed by atoms with Crippen LogP contribution in [-0.4, -0.2) is 5.11 Å². The highest BCUT2D eigenvalue weighted by molar-refractivity contribution is 5.42. The maximum atomic E-state index is 9.68. The molecule has 0 aromatic heterocycles. The van der Waals surface area contributed by atoms with Crippen LogP contribution in [0.25, 0.3) is 0 Å². The molecule has 0 bridgehead atoms. The minimum atomic E-state index is 0.394. The molecule has 0 saturated carbocycles. The van der Waals surface area contributed by atoms with Crippen LogP contribution >= 0.6 is 0 Å². The lowest BCUT2D eigenvalue weighted by atomic mass is 9.95. The highest BCUT2D eigenvalue weighted by Gasteiger charge is 2.08. The van der Waals surface area contributed by atoms with Gasteiger partial charge in [-0.15, -0.1) is 0 Å². The Bertz CT molecular complexity index is 300. The lowest BCUT2D eigenvalue weighted by Crippen LogP contribution is -1.93. The van der Waals surface area contributed by atoms with Crippen LogP contribution in [0.2, 0.25) is 0 Å². The summed E-state index contributed by atoms with van der Waals surface area (Å²) in [4.78, 5) is 0. The Balaban J connectivity index is 3.22. The van der Waals surface area contributed by atoms with Gasteiger partial charge in [0.15, 0.2) is 0 Å². The summed E-state index contributed by atoms with van der Waals surface area (Å²) in [5.41, 5.74) is 3.58. The minimum absolute atomic E-state index is 0.394. The largest absolute Gasteiger partial charge is 0.508 e. The van der Waals surface area contributed by atoms with Crippen LogP contribution in [0.4, 0.5) is 0 Å². The van der Waals surface area contributed by atoms with Crippen molar-refractivity contribution in [2.24, 2.45) is 0 Å². The first-order valence-corrected chi connectivity index (χ1v) is 4.88. The molecular formula is C12H18O. The predicted octanol–water partition coefficient (Wildman–Crippen LogP) is 3.39. The summed E-state index contributed by atoms with van der Waals surface area (Å²) in [5, 5.41) is 9.68. The fraction of sp³-hybridized carbons (Fsp3) is 0.500. The van der Waals surface area contributed by atoms with E-state index in [0.717, 1.165) is 12.0 Å². The minimum Gasteiger partial charge on any atom is -0.508 e. The first-order chi connectivity index (χ1) is 6.06. The van der Waals surface area contributed by atoms with E-state index in [9.17, 15) is 5.11 Å². The average molecular weight is 178 g/mol. The van der Waals surface area contributed by atoms with Crippen LogP contribution in [0.5, 0.6) is 5.75 Å². The topological polar surface area (TPSA) is 20.2 Å². The van der Waals surface area contributed by atoms with Crippen molar-refractivity contribution in [3.8, 4) is 5.75 Å². The smallest absolute Gasteiger partial charge is 0.119 e. The van der Waals surface area contributed by atoms with Gasteiger partial charge in [0.1, 0.15) is 5.75 Å². The van der Waals surface area contributed by atoms with Crippen LogP contribution in [-0.2, 0) is 6.42 Å². The highest BCUT2D eigenvalue weighted by Crippen LogP contribution is 2.28. The van der Waals surface area contributed by atoms with Crippen molar-refractivity contribution in [1.29, 1.82) is 0 Å². The number of phenols is 1. The monoisotopic (exact) mass is 178 g/mol. The summed E-state index contributed by atoms with van der Waals surface area (Å²) in [6.07, 6.45) is 1.03. The summed E-state index contributed by atoms with van der Waals surface area (Å²) >= 11 is 0. The molecule has 1 aromatic rings. The average Bonchev–Trinajstić information content (AvgIpc) is 2.03. The van der Waals surface area contributed by atoms with Crippen molar-refractivity contribution in [2.45, 2.75) is 40.0 Å². The number of hydrogen-bond donors (Lipinski definition) is 1. The Kier molecular flexibility index (Phi) is 2.97. The van der Waals surface area contributed by atoms with E-state index in [1.54, 1.807) is 0 Å². The second-order valence-corrected chi connectivity index (χ2v) is 3.85. The van der Waals surface area contributed by atoms with Crippen molar-refractivity contribution >= 4 is 0 Å². The van der Waals surface area contributed by atoms with Gasteiger partial charge in [-0.3, -0.25) is 0 Å². The first kappa shape index (κ1) is 10.1. The summed E-state index contributed by atoms with van der Waals surface area (Å²) in [5.74, 6) is 0.829. The van der Waals surface area contributed by atoms with E-state index in [1.165, 1.54) is 11.1 Å². The van der Waals surface area contributed by atoms with E-state index in [4.69, 9.17) is 0 Å². The Morgan fingerprint density at radius 1 is 1.31 bits per heavy atom. The lowest BCUT2D eigenvalue weighted by Gasteiger charge is -2.12. The third-order valence-corrected chi connectivity index (χ3v) is 2.49. The van der Waals surface area contributed by atoms with Crippen molar-refractivity contribution in [1.82, 2.24) is 0 Å². The van der Waals surface area contributed by atoms with Gasteiger partial charge >= 0.3 is 0 Å². The fourth-order valence-corrected chi connectivity index (χ4v) is 1.60. The van der Waals surface area contributed by atoms with Gasteiger partial charge in [-0.05, 0) is 42.0 Å². The van der Waals surface area contributed by atoms with Crippen molar-refractivity contribution < 1.29 is 5.11 Å². The van der Waals surface area contributed by atoms with Crippen LogP contribution < -0.4 is 0 Å². The quantitative estimate of drug-likeness (QED) is 0.736. The summed E-state index contributed by atoms with van der Waals surface area (Å²) < 4.78 is 0. The second kappa shape index (κ2) is 3.82. The normalized spacial score (nSPS) is 10.8.